The Morgan fingerprint density at radius 1 is 0.200 bits per heavy atom. The van der Waals surface area contributed by atoms with E-state index >= 15 is 0 Å². The van der Waals surface area contributed by atoms with Crippen molar-refractivity contribution in [3.8, 4) is 137 Å². The number of nitriles is 2. The molecule has 0 fully saturated rings. The van der Waals surface area contributed by atoms with Crippen LogP contribution in [0.2, 0.25) is 0 Å². The van der Waals surface area contributed by atoms with Crippen LogP contribution in [0.25, 0.3) is 256 Å². The van der Waals surface area contributed by atoms with E-state index in [2.05, 4.69) is 303 Å². The van der Waals surface area contributed by atoms with Gasteiger partial charge in [0.05, 0.1) is 90.1 Å². The van der Waals surface area contributed by atoms with E-state index < -0.39 is 0 Å². The smallest absolute Gasteiger partial charge is 0.166 e. The molecule has 0 saturated carbocycles. The number of hydrogen-bond donors (Lipinski definition) is 0. The fraction of sp³-hybridized carbons (Fsp3) is 0. The van der Waals surface area contributed by atoms with Crippen LogP contribution in [-0.4, -0.2) is 48.2 Å². The molecule has 0 aliphatic heterocycles. The Morgan fingerprint density at radius 2 is 0.538 bits per heavy atom. The van der Waals surface area contributed by atoms with Crippen LogP contribution >= 0.6 is 0 Å². The number of nitrogens with zero attached hydrogens (tertiary/aromatic N) is 12. The number of rotatable bonds is 13. The highest BCUT2D eigenvalue weighted by atomic mass is 16.3. The van der Waals surface area contributed by atoms with Crippen molar-refractivity contribution in [1.29, 1.82) is 10.5 Å². The van der Waals surface area contributed by atoms with Crippen molar-refractivity contribution in [2.75, 3.05) is 0 Å². The highest BCUT2D eigenvalue weighted by molar-refractivity contribution is 6.29. The van der Waals surface area contributed by atoms with Crippen molar-refractivity contribution in [3.63, 3.8) is 0 Å². The Kier molecular flexibility index (Phi) is 16.5. The maximum atomic E-state index is 11.0. The maximum Gasteiger partial charge on any atom is 0.166 e. The summed E-state index contributed by atoms with van der Waals surface area (Å²) in [6.07, 6.45) is 0. The molecule has 130 heavy (non-hydrogen) atoms. The van der Waals surface area contributed by atoms with Gasteiger partial charge in [-0.05, 0) is 143 Å². The van der Waals surface area contributed by atoms with Crippen molar-refractivity contribution in [2.45, 2.75) is 0 Å². The molecule has 0 N–H and O–H groups in total. The predicted molar refractivity (Wildman–Crippen MR) is 523 cm³/mol. The molecular formula is C116H66N12O2. The summed E-state index contributed by atoms with van der Waals surface area (Å²) in [5, 5.41) is 34.3. The number of hydrogen-bond acceptors (Lipinski definition) is 10. The van der Waals surface area contributed by atoms with Crippen molar-refractivity contribution in [3.05, 3.63) is 412 Å². The van der Waals surface area contributed by atoms with Gasteiger partial charge in [-0.15, -0.1) is 0 Å². The Bertz CT molecular complexity index is 9330. The Balaban J connectivity index is 0.604. The highest BCUT2D eigenvalue weighted by Gasteiger charge is 2.30. The van der Waals surface area contributed by atoms with Crippen molar-refractivity contribution >= 4 is 131 Å². The monoisotopic (exact) mass is 1660 g/mol. The van der Waals surface area contributed by atoms with Gasteiger partial charge in [0.25, 0.3) is 0 Å². The van der Waals surface area contributed by atoms with Crippen LogP contribution in [0.4, 0.5) is 0 Å². The third-order valence-corrected chi connectivity index (χ3v) is 25.8. The number of para-hydroxylation sites is 7. The van der Waals surface area contributed by atoms with Crippen LogP contribution in [0.5, 0.6) is 0 Å². The molecule has 14 heteroatoms. The van der Waals surface area contributed by atoms with Crippen molar-refractivity contribution in [2.24, 2.45) is 0 Å². The van der Waals surface area contributed by atoms with Gasteiger partial charge in [0.1, 0.15) is 11.2 Å². The molecule has 0 spiro atoms. The molecule has 26 rings (SSSR count). The van der Waals surface area contributed by atoms with E-state index in [1.54, 1.807) is 0 Å². The molecule has 602 valence electrons. The SMILES string of the molecule is N#Cc1ccc(-n2c3ccccc3c3ccc4c(c5ccccc5n4-c4cccc5c4oc4ccccc45)c32)c(-c2nc(-c3ccc(-c4ccccc4)cc3)nc(-c3ccc(-c4ccc5oc6c(-n7c8ccccc8c8c7ccc7c9ccccc9n(-c9ccc(C#N)cc9-c9nc(-c%10ccccc%10)nc(-c%10cccc(-c%11ccccc%11)c%10)n9)c78)cccc6c5c4)cc3)n2)c1. The minimum absolute atomic E-state index is 0.401. The van der Waals surface area contributed by atoms with Crippen molar-refractivity contribution < 1.29 is 8.83 Å². The molecule has 0 aliphatic carbocycles. The maximum absolute atomic E-state index is 11.0. The van der Waals surface area contributed by atoms with E-state index in [1.165, 1.54) is 0 Å². The summed E-state index contributed by atoms with van der Waals surface area (Å²) in [6, 6.07) is 143. The summed E-state index contributed by atoms with van der Waals surface area (Å²) in [6.45, 7) is 0. The second kappa shape index (κ2) is 29.2. The first-order chi connectivity index (χ1) is 64.4. The topological polar surface area (TPSA) is 171 Å². The molecule has 14 nitrogen and oxygen atoms in total. The lowest BCUT2D eigenvalue weighted by atomic mass is 10.0. The molecule has 18 aromatic carbocycles. The van der Waals surface area contributed by atoms with E-state index in [-0.39, 0.29) is 0 Å². The van der Waals surface area contributed by atoms with Gasteiger partial charge in [-0.1, -0.05) is 291 Å². The quantitative estimate of drug-likeness (QED) is 0.108. The Labute approximate surface area is 741 Å². The summed E-state index contributed by atoms with van der Waals surface area (Å²) in [5.41, 5.74) is 26.2. The Hall–Kier alpha value is -18.2. The fourth-order valence-electron chi connectivity index (χ4n) is 19.9. The molecule has 0 aliphatic rings. The zero-order valence-corrected chi connectivity index (χ0v) is 69.3. The lowest BCUT2D eigenvalue weighted by Crippen LogP contribution is -2.04. The summed E-state index contributed by atoms with van der Waals surface area (Å²) >= 11 is 0. The summed E-state index contributed by atoms with van der Waals surface area (Å²) < 4.78 is 23.3. The fourth-order valence-corrected chi connectivity index (χ4v) is 19.9. The standard InChI is InChI=1S/C116H66N12O2/c117-67-69-45-58-97(127-93-38-15-10-31-81(93)84-56-60-99-105(107(84)127)88-34-12-17-40-95(88)125(99)101-42-21-36-86-83-33-14-19-44-103(83)129-109(86)101)91(63-69)115-122-112(76-51-47-73(48-52-76)71-23-4-1-5-24-71)119-113(123-115)77-53-49-74(50-54-77)79-55-62-104-90(66-79)87-37-22-43-102(110(87)130-104)126-96-41-18-13-35-89(96)106-100(126)61-57-85-82-32-11-16-39-94(82)128(108(85)106)98-59-46-70(68-118)64-92(98)116-121-111(75-27-8-3-9-28-75)120-114(124-116)80-30-20-29-78(65-80)72-25-6-2-7-26-72/h1-66H. The van der Waals surface area contributed by atoms with Crippen LogP contribution in [0.3, 0.4) is 0 Å². The van der Waals surface area contributed by atoms with Crippen LogP contribution < -0.4 is 0 Å². The first-order valence-electron chi connectivity index (χ1n) is 43.2. The van der Waals surface area contributed by atoms with Crippen LogP contribution in [0.1, 0.15) is 11.1 Å². The van der Waals surface area contributed by atoms with E-state index in [1.807, 2.05) is 127 Å². The van der Waals surface area contributed by atoms with Crippen LogP contribution in [0, 0.1) is 22.7 Å². The minimum atomic E-state index is 0.401. The Morgan fingerprint density at radius 3 is 1.04 bits per heavy atom. The summed E-state index contributed by atoms with van der Waals surface area (Å²) in [7, 11) is 0. The van der Waals surface area contributed by atoms with E-state index in [9.17, 15) is 10.5 Å². The second-order valence-electron chi connectivity index (χ2n) is 33.0. The molecule has 8 aromatic heterocycles. The molecule has 26 aromatic rings. The van der Waals surface area contributed by atoms with Gasteiger partial charge in [0, 0.05) is 98.0 Å². The average Bonchev–Trinajstić information content (AvgIpc) is 1.54. The average molecular weight is 1660 g/mol. The van der Waals surface area contributed by atoms with Crippen LogP contribution in [-0.2, 0) is 0 Å². The van der Waals surface area contributed by atoms with Gasteiger partial charge in [-0.25, -0.2) is 29.9 Å². The third-order valence-electron chi connectivity index (χ3n) is 25.8. The zero-order valence-electron chi connectivity index (χ0n) is 69.3. The minimum Gasteiger partial charge on any atom is -0.454 e. The van der Waals surface area contributed by atoms with Gasteiger partial charge in [0.2, 0.25) is 0 Å². The zero-order chi connectivity index (χ0) is 85.8. The van der Waals surface area contributed by atoms with Gasteiger partial charge in [0.15, 0.2) is 46.1 Å². The molecule has 0 bridgehead atoms. The van der Waals surface area contributed by atoms with E-state index in [0.29, 0.717) is 57.2 Å². The molecule has 0 radical (unpaired) electrons. The van der Waals surface area contributed by atoms with E-state index in [0.717, 1.165) is 209 Å². The van der Waals surface area contributed by atoms with Crippen LogP contribution in [0.15, 0.2) is 409 Å². The number of aromatic nitrogens is 10. The molecule has 0 unspecified atom stereocenters. The lowest BCUT2D eigenvalue weighted by molar-refractivity contribution is 0.666. The summed E-state index contributed by atoms with van der Waals surface area (Å²) in [5.74, 6) is 2.77. The first kappa shape index (κ1) is 73.3. The number of fused-ring (bicyclic) bond motifs is 20. The second-order valence-corrected chi connectivity index (χ2v) is 33.0. The highest BCUT2D eigenvalue weighted by Crippen LogP contribution is 2.49. The third kappa shape index (κ3) is 11.5. The van der Waals surface area contributed by atoms with Gasteiger partial charge < -0.3 is 27.1 Å². The molecule has 0 saturated heterocycles. The van der Waals surface area contributed by atoms with Gasteiger partial charge >= 0.3 is 0 Å². The molecule has 8 heterocycles. The normalized spacial score (nSPS) is 11.8. The lowest BCUT2D eigenvalue weighted by Gasteiger charge is -2.16. The largest absolute Gasteiger partial charge is 0.454 e. The predicted octanol–water partition coefficient (Wildman–Crippen LogP) is 29.0. The van der Waals surface area contributed by atoms with E-state index in [4.69, 9.17) is 38.7 Å². The summed E-state index contributed by atoms with van der Waals surface area (Å²) in [4.78, 5) is 32.3. The molecular weight excluding hydrogens is 1590 g/mol. The number of furan rings is 2. The van der Waals surface area contributed by atoms with Gasteiger partial charge in [-0.3, -0.25) is 0 Å². The molecule has 0 atom stereocenters. The van der Waals surface area contributed by atoms with Gasteiger partial charge in [-0.2, -0.15) is 10.5 Å². The number of benzene rings is 18. The first-order valence-corrected chi connectivity index (χ1v) is 43.2. The molecule has 0 amide bonds. The van der Waals surface area contributed by atoms with Crippen molar-refractivity contribution in [1.82, 2.24) is 48.2 Å².